The maximum absolute atomic E-state index is 12.4. The lowest BCUT2D eigenvalue weighted by Crippen LogP contribution is -2.30. The van der Waals surface area contributed by atoms with Crippen LogP contribution in [0.1, 0.15) is 17.3 Å². The fourth-order valence-electron chi connectivity index (χ4n) is 2.26. The van der Waals surface area contributed by atoms with E-state index in [1.54, 1.807) is 30.3 Å². The lowest BCUT2D eigenvalue weighted by Gasteiger charge is -2.16. The molecule has 1 atom stereocenters. The van der Waals surface area contributed by atoms with E-state index in [1.165, 1.54) is 34.3 Å². The number of ether oxygens (including phenoxy) is 4. The Labute approximate surface area is 162 Å². The molecule has 1 amide bonds. The molecule has 1 N–H and O–H groups in total. The van der Waals surface area contributed by atoms with E-state index < -0.39 is 18.0 Å². The highest BCUT2D eigenvalue weighted by Crippen LogP contribution is 2.28. The van der Waals surface area contributed by atoms with Crippen molar-refractivity contribution in [2.75, 3.05) is 26.6 Å². The molecule has 0 unspecified atom stereocenters. The smallest absolute Gasteiger partial charge is 0.342 e. The van der Waals surface area contributed by atoms with Gasteiger partial charge in [-0.2, -0.15) is 0 Å². The molecule has 8 heteroatoms. The highest BCUT2D eigenvalue weighted by molar-refractivity contribution is 6.31. The third kappa shape index (κ3) is 5.04. The summed E-state index contributed by atoms with van der Waals surface area (Å²) in [7, 11) is 4.40. The second-order valence-corrected chi connectivity index (χ2v) is 5.88. The number of esters is 1. The number of halogens is 1. The minimum absolute atomic E-state index is 0.179. The van der Waals surface area contributed by atoms with E-state index in [9.17, 15) is 9.59 Å². The van der Waals surface area contributed by atoms with Crippen molar-refractivity contribution in [2.24, 2.45) is 0 Å². The maximum Gasteiger partial charge on any atom is 0.342 e. The average molecular weight is 394 g/mol. The van der Waals surface area contributed by atoms with Crippen LogP contribution >= 0.6 is 11.6 Å². The first kappa shape index (κ1) is 20.4. The molecule has 27 heavy (non-hydrogen) atoms. The van der Waals surface area contributed by atoms with Crippen LogP contribution < -0.4 is 19.5 Å². The van der Waals surface area contributed by atoms with Crippen LogP contribution in [0.5, 0.6) is 17.2 Å². The van der Waals surface area contributed by atoms with Crippen LogP contribution in [-0.4, -0.2) is 39.3 Å². The fourth-order valence-corrected chi connectivity index (χ4v) is 2.43. The third-order valence-electron chi connectivity index (χ3n) is 3.70. The third-order valence-corrected chi connectivity index (χ3v) is 3.94. The standard InChI is InChI=1S/C19H20ClNO6/c1-11(18(22)21-15-9-12(20)5-8-16(15)25-3)27-19(23)14-7-6-13(24-2)10-17(14)26-4/h5-11H,1-4H3,(H,21,22)/t11-/m0/s1. The number of rotatable bonds is 7. The van der Waals surface area contributed by atoms with Crippen molar-refractivity contribution in [3.8, 4) is 17.2 Å². The van der Waals surface area contributed by atoms with Crippen molar-refractivity contribution in [3.63, 3.8) is 0 Å². The van der Waals surface area contributed by atoms with Gasteiger partial charge in [0.1, 0.15) is 22.8 Å². The summed E-state index contributed by atoms with van der Waals surface area (Å²) in [6.45, 7) is 1.46. The molecule has 0 fully saturated rings. The zero-order valence-corrected chi connectivity index (χ0v) is 16.1. The number of carbonyl (C=O) groups is 2. The Bertz CT molecular complexity index is 839. The summed E-state index contributed by atoms with van der Waals surface area (Å²) in [4.78, 5) is 24.8. The molecule has 0 saturated carbocycles. The van der Waals surface area contributed by atoms with Crippen LogP contribution in [0.4, 0.5) is 5.69 Å². The van der Waals surface area contributed by atoms with Gasteiger partial charge in [-0.05, 0) is 37.3 Å². The van der Waals surface area contributed by atoms with E-state index >= 15 is 0 Å². The minimum atomic E-state index is -1.06. The van der Waals surface area contributed by atoms with Gasteiger partial charge >= 0.3 is 5.97 Å². The van der Waals surface area contributed by atoms with E-state index in [-0.39, 0.29) is 11.3 Å². The summed E-state index contributed by atoms with van der Waals surface area (Å²) < 4.78 is 20.7. The number of benzene rings is 2. The summed E-state index contributed by atoms with van der Waals surface area (Å²) in [5.74, 6) is 0.0143. The molecule has 0 aliphatic rings. The first-order chi connectivity index (χ1) is 12.9. The summed E-state index contributed by atoms with van der Waals surface area (Å²) in [5, 5.41) is 3.06. The van der Waals surface area contributed by atoms with Crippen molar-refractivity contribution in [3.05, 3.63) is 47.0 Å². The van der Waals surface area contributed by atoms with Gasteiger partial charge in [0, 0.05) is 11.1 Å². The van der Waals surface area contributed by atoms with Gasteiger partial charge in [0.15, 0.2) is 6.10 Å². The topological polar surface area (TPSA) is 83.1 Å². The molecular weight excluding hydrogens is 374 g/mol. The lowest BCUT2D eigenvalue weighted by molar-refractivity contribution is -0.123. The molecular formula is C19H20ClNO6. The molecule has 0 aromatic heterocycles. The lowest BCUT2D eigenvalue weighted by atomic mass is 10.2. The number of carbonyl (C=O) groups excluding carboxylic acids is 2. The van der Waals surface area contributed by atoms with Crippen LogP contribution in [0.2, 0.25) is 5.02 Å². The van der Waals surface area contributed by atoms with E-state index in [2.05, 4.69) is 5.32 Å². The van der Waals surface area contributed by atoms with Gasteiger partial charge in [0.2, 0.25) is 0 Å². The van der Waals surface area contributed by atoms with E-state index in [0.29, 0.717) is 22.2 Å². The Kier molecular flexibility index (Phi) is 6.90. The van der Waals surface area contributed by atoms with Gasteiger partial charge in [-0.3, -0.25) is 4.79 Å². The summed E-state index contributed by atoms with van der Waals surface area (Å²) in [5.41, 5.74) is 0.554. The number of hydrogen-bond donors (Lipinski definition) is 1. The van der Waals surface area contributed by atoms with Crippen LogP contribution in [0.25, 0.3) is 0 Å². The van der Waals surface area contributed by atoms with Gasteiger partial charge in [-0.25, -0.2) is 4.79 Å². The molecule has 2 rings (SSSR count). The number of nitrogens with one attached hydrogen (secondary N) is 1. The molecule has 0 heterocycles. The Morgan fingerprint density at radius 2 is 1.67 bits per heavy atom. The van der Waals surface area contributed by atoms with Gasteiger partial charge in [-0.1, -0.05) is 11.6 Å². The fraction of sp³-hybridized carbons (Fsp3) is 0.263. The van der Waals surface area contributed by atoms with Gasteiger partial charge in [0.25, 0.3) is 5.91 Å². The largest absolute Gasteiger partial charge is 0.497 e. The van der Waals surface area contributed by atoms with Gasteiger partial charge in [-0.15, -0.1) is 0 Å². The molecule has 0 radical (unpaired) electrons. The van der Waals surface area contributed by atoms with Gasteiger partial charge in [0.05, 0.1) is 27.0 Å². The first-order valence-corrected chi connectivity index (χ1v) is 8.34. The van der Waals surface area contributed by atoms with Crippen LogP contribution in [-0.2, 0) is 9.53 Å². The molecule has 0 aliphatic carbocycles. The van der Waals surface area contributed by atoms with Crippen molar-refractivity contribution in [1.29, 1.82) is 0 Å². The SMILES string of the molecule is COc1ccc(C(=O)O[C@@H](C)C(=O)Nc2cc(Cl)ccc2OC)c(OC)c1. The van der Waals surface area contributed by atoms with E-state index in [4.69, 9.17) is 30.5 Å². The normalized spacial score (nSPS) is 11.3. The summed E-state index contributed by atoms with van der Waals surface area (Å²) in [6.07, 6.45) is -1.06. The highest BCUT2D eigenvalue weighted by atomic mass is 35.5. The van der Waals surface area contributed by atoms with Crippen molar-refractivity contribution in [2.45, 2.75) is 13.0 Å². The number of amides is 1. The zero-order valence-electron chi connectivity index (χ0n) is 15.4. The Morgan fingerprint density at radius 3 is 2.30 bits per heavy atom. The number of hydrogen-bond acceptors (Lipinski definition) is 6. The zero-order chi connectivity index (χ0) is 20.0. The van der Waals surface area contributed by atoms with Crippen molar-refractivity contribution < 1.29 is 28.5 Å². The molecule has 0 aliphatic heterocycles. The van der Waals surface area contributed by atoms with Crippen molar-refractivity contribution >= 4 is 29.2 Å². The molecule has 0 bridgehead atoms. The Balaban J connectivity index is 2.10. The maximum atomic E-state index is 12.4. The van der Waals surface area contributed by atoms with E-state index in [1.807, 2.05) is 0 Å². The molecule has 2 aromatic rings. The second kappa shape index (κ2) is 9.14. The van der Waals surface area contributed by atoms with E-state index in [0.717, 1.165) is 0 Å². The molecule has 0 spiro atoms. The Hall–Kier alpha value is -2.93. The number of anilines is 1. The van der Waals surface area contributed by atoms with Crippen LogP contribution in [0, 0.1) is 0 Å². The predicted molar refractivity (Wildman–Crippen MR) is 101 cm³/mol. The monoisotopic (exact) mass is 393 g/mol. The quantitative estimate of drug-likeness (QED) is 0.724. The molecule has 144 valence electrons. The number of methoxy groups -OCH3 is 3. The van der Waals surface area contributed by atoms with Crippen molar-refractivity contribution in [1.82, 2.24) is 0 Å². The Morgan fingerprint density at radius 1 is 0.963 bits per heavy atom. The summed E-state index contributed by atoms with van der Waals surface area (Å²) in [6, 6.07) is 9.45. The second-order valence-electron chi connectivity index (χ2n) is 5.45. The minimum Gasteiger partial charge on any atom is -0.497 e. The molecule has 2 aromatic carbocycles. The summed E-state index contributed by atoms with van der Waals surface area (Å²) >= 11 is 5.94. The first-order valence-electron chi connectivity index (χ1n) is 7.97. The highest BCUT2D eigenvalue weighted by Gasteiger charge is 2.22. The predicted octanol–water partition coefficient (Wildman–Crippen LogP) is 3.55. The van der Waals surface area contributed by atoms with Crippen LogP contribution in [0.15, 0.2) is 36.4 Å². The molecule has 7 nitrogen and oxygen atoms in total. The van der Waals surface area contributed by atoms with Crippen LogP contribution in [0.3, 0.4) is 0 Å². The molecule has 0 saturated heterocycles. The average Bonchev–Trinajstić information content (AvgIpc) is 2.67. The van der Waals surface area contributed by atoms with Gasteiger partial charge < -0.3 is 24.3 Å².